The van der Waals surface area contributed by atoms with E-state index in [0.29, 0.717) is 34.7 Å². The third-order valence-electron chi connectivity index (χ3n) is 4.62. The summed E-state index contributed by atoms with van der Waals surface area (Å²) in [5, 5.41) is 18.1. The van der Waals surface area contributed by atoms with Crippen LogP contribution in [-0.2, 0) is 6.54 Å². The first-order valence-electron chi connectivity index (χ1n) is 8.96. The average molecular weight is 392 g/mol. The molecule has 1 heterocycles. The Morgan fingerprint density at radius 3 is 2.14 bits per heavy atom. The molecule has 0 aliphatic carbocycles. The lowest BCUT2D eigenvalue weighted by atomic mass is 10.1. The van der Waals surface area contributed by atoms with E-state index in [1.165, 1.54) is 6.92 Å². The van der Waals surface area contributed by atoms with Gasteiger partial charge in [0.2, 0.25) is 0 Å². The molecule has 2 aromatic carbocycles. The molecule has 0 aliphatic heterocycles. The first-order chi connectivity index (χ1) is 13.8. The Kier molecular flexibility index (Phi) is 5.54. The van der Waals surface area contributed by atoms with Crippen LogP contribution in [0, 0.1) is 24.0 Å². The number of aryl methyl sites for hydroxylation is 1. The number of aromatic nitrogens is 2. The number of rotatable bonds is 6. The predicted octanol–water partition coefficient (Wildman–Crippen LogP) is 3.91. The number of carbonyl (C=O) groups excluding carboxylic acids is 2. The maximum atomic E-state index is 12.4. The quantitative estimate of drug-likeness (QED) is 0.389. The number of amides is 1. The summed E-state index contributed by atoms with van der Waals surface area (Å²) in [6.45, 7) is 5.13. The van der Waals surface area contributed by atoms with Crippen LogP contribution in [0.1, 0.15) is 44.6 Å². The molecule has 1 amide bonds. The van der Waals surface area contributed by atoms with Crippen LogP contribution in [0.15, 0.2) is 48.5 Å². The molecule has 3 rings (SSSR count). The molecule has 0 unspecified atom stereocenters. The Morgan fingerprint density at radius 2 is 1.62 bits per heavy atom. The Bertz CT molecular complexity index is 1080. The molecule has 1 aromatic heterocycles. The second kappa shape index (κ2) is 8.05. The van der Waals surface area contributed by atoms with Gasteiger partial charge in [-0.25, -0.2) is 0 Å². The van der Waals surface area contributed by atoms with Gasteiger partial charge in [0.25, 0.3) is 5.91 Å². The number of nitrogens with one attached hydrogen (secondary N) is 1. The normalized spacial score (nSPS) is 10.6. The number of Topliss-reactive ketones (excluding diaryl/α,β-unsaturated/α-hetero) is 1. The fraction of sp³-hybridized carbons (Fsp3) is 0.190. The van der Waals surface area contributed by atoms with Crippen molar-refractivity contribution >= 4 is 23.1 Å². The molecule has 0 bridgehead atoms. The van der Waals surface area contributed by atoms with Gasteiger partial charge in [-0.15, -0.1) is 0 Å². The molecule has 1 N–H and O–H groups in total. The van der Waals surface area contributed by atoms with Crippen molar-refractivity contribution in [3.63, 3.8) is 0 Å². The van der Waals surface area contributed by atoms with Gasteiger partial charge in [0, 0.05) is 16.8 Å². The molecular formula is C21H20N4O4. The van der Waals surface area contributed by atoms with Gasteiger partial charge < -0.3 is 5.32 Å². The number of hydrogen-bond donors (Lipinski definition) is 1. The smallest absolute Gasteiger partial charge is 0.312 e. The highest BCUT2D eigenvalue weighted by atomic mass is 16.6. The lowest BCUT2D eigenvalue weighted by molar-refractivity contribution is -0.386. The third kappa shape index (κ3) is 4.37. The summed E-state index contributed by atoms with van der Waals surface area (Å²) in [4.78, 5) is 34.4. The summed E-state index contributed by atoms with van der Waals surface area (Å²) in [5.41, 5.74) is 3.41. The number of anilines is 1. The van der Waals surface area contributed by atoms with Crippen molar-refractivity contribution in [1.29, 1.82) is 0 Å². The highest BCUT2D eigenvalue weighted by Gasteiger charge is 2.21. The summed E-state index contributed by atoms with van der Waals surface area (Å²) >= 11 is 0. The summed E-state index contributed by atoms with van der Waals surface area (Å²) < 4.78 is 1.58. The Labute approximate surface area is 167 Å². The van der Waals surface area contributed by atoms with Gasteiger partial charge in [-0.2, -0.15) is 5.10 Å². The predicted molar refractivity (Wildman–Crippen MR) is 108 cm³/mol. The molecule has 0 radical (unpaired) electrons. The molecular weight excluding hydrogens is 372 g/mol. The van der Waals surface area contributed by atoms with Crippen molar-refractivity contribution < 1.29 is 14.5 Å². The average Bonchev–Trinajstić information content (AvgIpc) is 2.96. The van der Waals surface area contributed by atoms with Gasteiger partial charge in [0.15, 0.2) is 5.78 Å². The fourth-order valence-corrected chi connectivity index (χ4v) is 3.03. The zero-order valence-electron chi connectivity index (χ0n) is 16.3. The third-order valence-corrected chi connectivity index (χ3v) is 4.62. The maximum absolute atomic E-state index is 12.4. The van der Waals surface area contributed by atoms with E-state index < -0.39 is 4.92 Å². The Balaban J connectivity index is 1.70. The molecule has 148 valence electrons. The lowest BCUT2D eigenvalue weighted by Gasteiger charge is -2.08. The number of carbonyl (C=O) groups is 2. The number of hydrogen-bond acceptors (Lipinski definition) is 5. The maximum Gasteiger partial charge on any atom is 0.312 e. The van der Waals surface area contributed by atoms with Crippen LogP contribution in [-0.4, -0.2) is 26.4 Å². The van der Waals surface area contributed by atoms with Crippen LogP contribution in [0.4, 0.5) is 11.4 Å². The van der Waals surface area contributed by atoms with E-state index in [1.54, 1.807) is 67.1 Å². The van der Waals surface area contributed by atoms with E-state index in [0.717, 1.165) is 5.56 Å². The second-order valence-corrected chi connectivity index (χ2v) is 6.72. The highest BCUT2D eigenvalue weighted by Crippen LogP contribution is 2.22. The van der Waals surface area contributed by atoms with Crippen LogP contribution >= 0.6 is 0 Å². The van der Waals surface area contributed by atoms with E-state index in [4.69, 9.17) is 0 Å². The van der Waals surface area contributed by atoms with Crippen molar-refractivity contribution in [1.82, 2.24) is 9.78 Å². The first kappa shape index (κ1) is 19.9. The molecule has 0 atom stereocenters. The van der Waals surface area contributed by atoms with Crippen LogP contribution in [0.2, 0.25) is 0 Å². The molecule has 0 aliphatic rings. The van der Waals surface area contributed by atoms with Crippen LogP contribution in [0.25, 0.3) is 0 Å². The molecule has 8 heteroatoms. The summed E-state index contributed by atoms with van der Waals surface area (Å²) in [6.07, 6.45) is 0. The van der Waals surface area contributed by atoms with E-state index in [-0.39, 0.29) is 17.4 Å². The minimum atomic E-state index is -0.426. The van der Waals surface area contributed by atoms with Crippen LogP contribution in [0.5, 0.6) is 0 Å². The van der Waals surface area contributed by atoms with E-state index >= 15 is 0 Å². The standard InChI is InChI=1S/C21H20N4O4/c1-13-20(25(28)29)14(2)24(23-13)12-16-4-6-18(7-5-16)21(27)22-19-10-8-17(9-11-19)15(3)26/h4-11H,12H2,1-3H3,(H,22,27). The molecule has 0 saturated carbocycles. The van der Waals surface area contributed by atoms with Crippen molar-refractivity contribution in [2.45, 2.75) is 27.3 Å². The van der Waals surface area contributed by atoms with Crippen LogP contribution in [0.3, 0.4) is 0 Å². The monoisotopic (exact) mass is 392 g/mol. The van der Waals surface area contributed by atoms with Gasteiger partial charge in [-0.05, 0) is 62.7 Å². The largest absolute Gasteiger partial charge is 0.322 e. The van der Waals surface area contributed by atoms with Crippen molar-refractivity contribution in [2.24, 2.45) is 0 Å². The van der Waals surface area contributed by atoms with Gasteiger partial charge in [0.1, 0.15) is 11.4 Å². The van der Waals surface area contributed by atoms with E-state index in [1.807, 2.05) is 0 Å². The molecule has 0 spiro atoms. The lowest BCUT2D eigenvalue weighted by Crippen LogP contribution is -2.12. The van der Waals surface area contributed by atoms with Crippen molar-refractivity contribution in [3.8, 4) is 0 Å². The summed E-state index contributed by atoms with van der Waals surface area (Å²) in [6, 6.07) is 13.6. The molecule has 3 aromatic rings. The first-order valence-corrected chi connectivity index (χ1v) is 8.96. The van der Waals surface area contributed by atoms with Gasteiger partial charge in [-0.1, -0.05) is 12.1 Å². The highest BCUT2D eigenvalue weighted by molar-refractivity contribution is 6.04. The van der Waals surface area contributed by atoms with Crippen LogP contribution < -0.4 is 5.32 Å². The minimum Gasteiger partial charge on any atom is -0.322 e. The van der Waals surface area contributed by atoms with Gasteiger partial charge in [-0.3, -0.25) is 24.4 Å². The zero-order valence-corrected chi connectivity index (χ0v) is 16.3. The summed E-state index contributed by atoms with van der Waals surface area (Å²) in [7, 11) is 0. The topological polar surface area (TPSA) is 107 Å². The number of ketones is 1. The van der Waals surface area contributed by atoms with Gasteiger partial charge in [0.05, 0.1) is 11.5 Å². The number of nitro groups is 1. The minimum absolute atomic E-state index is 0.0248. The SMILES string of the molecule is CC(=O)c1ccc(NC(=O)c2ccc(Cn3nc(C)c([N+](=O)[O-])c3C)cc2)cc1. The van der Waals surface area contributed by atoms with Gasteiger partial charge >= 0.3 is 5.69 Å². The molecule has 8 nitrogen and oxygen atoms in total. The van der Waals surface area contributed by atoms with E-state index in [9.17, 15) is 19.7 Å². The Hall–Kier alpha value is -3.81. The second-order valence-electron chi connectivity index (χ2n) is 6.72. The summed E-state index contributed by atoms with van der Waals surface area (Å²) in [5.74, 6) is -0.305. The van der Waals surface area contributed by atoms with Crippen molar-refractivity contribution in [3.05, 3.63) is 86.7 Å². The molecule has 0 saturated heterocycles. The molecule has 0 fully saturated rings. The molecule has 29 heavy (non-hydrogen) atoms. The fourth-order valence-electron chi connectivity index (χ4n) is 3.03. The number of nitrogens with zero attached hydrogens (tertiary/aromatic N) is 3. The van der Waals surface area contributed by atoms with E-state index in [2.05, 4.69) is 10.4 Å². The number of benzene rings is 2. The van der Waals surface area contributed by atoms with Crippen molar-refractivity contribution in [2.75, 3.05) is 5.32 Å². The Morgan fingerprint density at radius 1 is 1.03 bits per heavy atom. The zero-order chi connectivity index (χ0) is 21.1.